The van der Waals surface area contributed by atoms with E-state index < -0.39 is 0 Å². The Labute approximate surface area is 177 Å². The highest BCUT2D eigenvalue weighted by Crippen LogP contribution is 2.36. The van der Waals surface area contributed by atoms with E-state index >= 15 is 0 Å². The number of aryl methyl sites for hydroxylation is 2. The van der Waals surface area contributed by atoms with Gasteiger partial charge in [-0.1, -0.05) is 42.5 Å². The van der Waals surface area contributed by atoms with Crippen molar-refractivity contribution in [2.45, 2.75) is 13.8 Å². The fourth-order valence-corrected chi connectivity index (χ4v) is 4.23. The quantitative estimate of drug-likeness (QED) is 0.353. The lowest BCUT2D eigenvalue weighted by Crippen LogP contribution is -2.22. The van der Waals surface area contributed by atoms with Crippen LogP contribution in [0.1, 0.15) is 43.0 Å². The Bertz CT molecular complexity index is 1070. The van der Waals surface area contributed by atoms with E-state index in [1.165, 1.54) is 6.38 Å². The van der Waals surface area contributed by atoms with Crippen LogP contribution in [0.2, 0.25) is 0 Å². The van der Waals surface area contributed by atoms with Crippen molar-refractivity contribution in [1.82, 2.24) is 0 Å². The predicted molar refractivity (Wildman–Crippen MR) is 118 cm³/mol. The molecule has 0 aliphatic heterocycles. The van der Waals surface area contributed by atoms with Gasteiger partial charge in [-0.15, -0.1) is 11.6 Å². The van der Waals surface area contributed by atoms with Crippen LogP contribution in [0.4, 0.5) is 11.4 Å². The zero-order chi connectivity index (χ0) is 20.4. The molecule has 0 bridgehead atoms. The maximum absolute atomic E-state index is 13.1. The number of hydrogen-bond acceptors (Lipinski definition) is 3. The van der Waals surface area contributed by atoms with Crippen molar-refractivity contribution < 1.29 is 9.59 Å². The molecular formula is C23H19BrClNO2. The second-order valence-corrected chi connectivity index (χ2v) is 7.35. The summed E-state index contributed by atoms with van der Waals surface area (Å²) in [5.74, 6) is -0.238. The van der Waals surface area contributed by atoms with Crippen LogP contribution < -0.4 is 5.32 Å². The maximum atomic E-state index is 13.1. The lowest BCUT2D eigenvalue weighted by molar-refractivity contribution is 0.0979. The highest BCUT2D eigenvalue weighted by Gasteiger charge is 2.31. The largest absolute Gasteiger partial charge is 0.354 e. The molecular weight excluding hydrogens is 438 g/mol. The molecule has 1 aliphatic carbocycles. The Balaban J connectivity index is 0.00000109. The fourth-order valence-electron chi connectivity index (χ4n) is 3.46. The van der Waals surface area contributed by atoms with E-state index in [2.05, 4.69) is 38.9 Å². The third-order valence-corrected chi connectivity index (χ3v) is 5.27. The van der Waals surface area contributed by atoms with Crippen LogP contribution in [-0.4, -0.2) is 17.9 Å². The van der Waals surface area contributed by atoms with Crippen molar-refractivity contribution in [3.05, 3.63) is 92.5 Å². The minimum Gasteiger partial charge on any atom is -0.354 e. The van der Waals surface area contributed by atoms with Gasteiger partial charge in [0.1, 0.15) is 0 Å². The Morgan fingerprint density at radius 1 is 0.821 bits per heavy atom. The van der Waals surface area contributed by atoms with Gasteiger partial charge in [0.25, 0.3) is 0 Å². The summed E-state index contributed by atoms with van der Waals surface area (Å²) in [6.45, 7) is 4.04. The highest BCUT2D eigenvalue weighted by molar-refractivity contribution is 9.10. The number of rotatable bonds is 2. The van der Waals surface area contributed by atoms with Crippen LogP contribution in [0.5, 0.6) is 0 Å². The van der Waals surface area contributed by atoms with Crippen LogP contribution >= 0.6 is 27.5 Å². The van der Waals surface area contributed by atoms with Gasteiger partial charge >= 0.3 is 0 Å². The number of carbonyl (C=O) groups excluding carboxylic acids is 2. The smallest absolute Gasteiger partial charge is 0.196 e. The van der Waals surface area contributed by atoms with Gasteiger partial charge in [-0.3, -0.25) is 9.59 Å². The van der Waals surface area contributed by atoms with Crippen LogP contribution in [0.3, 0.4) is 0 Å². The van der Waals surface area contributed by atoms with E-state index in [1.54, 1.807) is 36.4 Å². The van der Waals surface area contributed by atoms with E-state index in [9.17, 15) is 9.59 Å². The lowest BCUT2D eigenvalue weighted by atomic mass is 9.83. The number of carbonyl (C=O) groups is 2. The summed E-state index contributed by atoms with van der Waals surface area (Å²) in [4.78, 5) is 25.9. The molecule has 0 saturated heterocycles. The molecule has 0 spiro atoms. The molecule has 5 heteroatoms. The molecule has 28 heavy (non-hydrogen) atoms. The summed E-state index contributed by atoms with van der Waals surface area (Å²) in [5.41, 5.74) is 5.54. The van der Waals surface area contributed by atoms with Crippen molar-refractivity contribution in [3.8, 4) is 0 Å². The Kier molecular flexibility index (Phi) is 6.01. The third kappa shape index (κ3) is 3.50. The van der Waals surface area contributed by atoms with Crippen molar-refractivity contribution in [3.63, 3.8) is 0 Å². The molecule has 0 heterocycles. The van der Waals surface area contributed by atoms with E-state index in [0.29, 0.717) is 27.9 Å². The number of fused-ring (bicyclic) bond motifs is 2. The second kappa shape index (κ2) is 8.29. The van der Waals surface area contributed by atoms with E-state index in [-0.39, 0.29) is 11.6 Å². The Morgan fingerprint density at radius 2 is 1.43 bits per heavy atom. The van der Waals surface area contributed by atoms with Crippen molar-refractivity contribution >= 4 is 50.5 Å². The third-order valence-electron chi connectivity index (χ3n) is 4.64. The fraction of sp³-hybridized carbons (Fsp3) is 0.130. The molecule has 0 atom stereocenters. The molecule has 4 rings (SSSR count). The summed E-state index contributed by atoms with van der Waals surface area (Å²) in [6, 6.07) is 16.4. The van der Waals surface area contributed by atoms with Gasteiger partial charge in [0.15, 0.2) is 11.6 Å². The topological polar surface area (TPSA) is 46.2 Å². The number of alkyl halides is 1. The standard InChI is InChI=1S/C22H16BrNO2.CH3Cl/c1-12-10-13(2)20(17(23)11-12)24-18-9-5-8-16-19(18)22(26)15-7-4-3-6-14(15)21(16)25;1-2/h3-11,24H,1-2H3;1H3. The molecule has 0 fully saturated rings. The number of benzene rings is 3. The number of halogens is 2. The van der Waals surface area contributed by atoms with Crippen molar-refractivity contribution in [2.24, 2.45) is 0 Å². The molecule has 0 amide bonds. The monoisotopic (exact) mass is 455 g/mol. The van der Waals surface area contributed by atoms with Gasteiger partial charge in [0.2, 0.25) is 0 Å². The van der Waals surface area contributed by atoms with E-state index in [1.807, 2.05) is 26.0 Å². The van der Waals surface area contributed by atoms with Gasteiger partial charge in [-0.2, -0.15) is 0 Å². The number of nitrogens with one attached hydrogen (secondary N) is 1. The summed E-state index contributed by atoms with van der Waals surface area (Å²) in [5, 5.41) is 3.36. The predicted octanol–water partition coefficient (Wildman–Crippen LogP) is 6.44. The first-order valence-corrected chi connectivity index (χ1v) is 10.3. The first-order chi connectivity index (χ1) is 13.5. The van der Waals surface area contributed by atoms with Gasteiger partial charge in [-0.25, -0.2) is 0 Å². The summed E-state index contributed by atoms with van der Waals surface area (Å²) >= 11 is 8.23. The molecule has 0 aromatic heterocycles. The zero-order valence-electron chi connectivity index (χ0n) is 15.8. The minimum absolute atomic E-state index is 0.112. The molecule has 142 valence electrons. The zero-order valence-corrected chi connectivity index (χ0v) is 18.1. The van der Waals surface area contributed by atoms with Gasteiger partial charge in [0, 0.05) is 27.5 Å². The van der Waals surface area contributed by atoms with Crippen molar-refractivity contribution in [1.29, 1.82) is 0 Å². The van der Waals surface area contributed by atoms with Crippen LogP contribution in [0.15, 0.2) is 59.1 Å². The highest BCUT2D eigenvalue weighted by atomic mass is 79.9. The molecule has 3 aromatic rings. The van der Waals surface area contributed by atoms with Crippen molar-refractivity contribution in [2.75, 3.05) is 11.7 Å². The summed E-state index contributed by atoms with van der Waals surface area (Å²) < 4.78 is 0.919. The summed E-state index contributed by atoms with van der Waals surface area (Å²) in [6.07, 6.45) is 1.47. The lowest BCUT2D eigenvalue weighted by Gasteiger charge is -2.21. The number of hydrogen-bond donors (Lipinski definition) is 1. The molecule has 0 radical (unpaired) electrons. The molecule has 1 N–H and O–H groups in total. The van der Waals surface area contributed by atoms with Crippen LogP contribution in [-0.2, 0) is 0 Å². The summed E-state index contributed by atoms with van der Waals surface area (Å²) in [7, 11) is 0. The normalized spacial score (nSPS) is 11.9. The SMILES string of the molecule is CCl.Cc1cc(C)c(Nc2cccc3c2C(=O)c2ccccc2C3=O)c(Br)c1. The van der Waals surface area contributed by atoms with E-state index in [0.717, 1.165) is 21.3 Å². The maximum Gasteiger partial charge on any atom is 0.196 e. The van der Waals surface area contributed by atoms with Gasteiger partial charge in [-0.05, 0) is 53.0 Å². The number of ketones is 2. The molecule has 3 nitrogen and oxygen atoms in total. The molecule has 1 aliphatic rings. The van der Waals surface area contributed by atoms with Gasteiger partial charge in [0.05, 0.1) is 16.9 Å². The molecule has 3 aromatic carbocycles. The van der Waals surface area contributed by atoms with E-state index in [4.69, 9.17) is 0 Å². The Morgan fingerprint density at radius 3 is 2.07 bits per heavy atom. The Hall–Kier alpha value is -2.43. The molecule has 0 saturated carbocycles. The molecule has 0 unspecified atom stereocenters. The van der Waals surface area contributed by atoms with Crippen LogP contribution in [0.25, 0.3) is 0 Å². The first-order valence-electron chi connectivity index (χ1n) is 8.70. The average Bonchev–Trinajstić information content (AvgIpc) is 2.70. The van der Waals surface area contributed by atoms with Crippen LogP contribution in [0, 0.1) is 13.8 Å². The first kappa shape index (κ1) is 20.3. The van der Waals surface area contributed by atoms with Gasteiger partial charge < -0.3 is 5.32 Å². The number of anilines is 2. The minimum atomic E-state index is -0.126. The average molecular weight is 457 g/mol. The second-order valence-electron chi connectivity index (χ2n) is 6.50.